The Balaban J connectivity index is 1.88. The maximum Gasteiger partial charge on any atom is 0.303 e. The molecule has 1 heterocycles. The van der Waals surface area contributed by atoms with Crippen molar-refractivity contribution in [1.29, 1.82) is 0 Å². The molecule has 0 bridgehead atoms. The molecule has 1 aromatic rings. The third-order valence-electron chi connectivity index (χ3n) is 3.61. The summed E-state index contributed by atoms with van der Waals surface area (Å²) in [6.45, 7) is 2.50. The van der Waals surface area contributed by atoms with Gasteiger partial charge in [0, 0.05) is 23.0 Å². The molecule has 104 valence electrons. The van der Waals surface area contributed by atoms with E-state index in [0.717, 1.165) is 36.0 Å². The predicted octanol–water partition coefficient (Wildman–Crippen LogP) is 2.84. The van der Waals surface area contributed by atoms with Crippen molar-refractivity contribution in [3.63, 3.8) is 0 Å². The first-order valence-electron chi connectivity index (χ1n) is 6.46. The molecule has 0 saturated carbocycles. The number of phenolic OH excluding ortho intramolecular Hbond substituents is 1. The lowest BCUT2D eigenvalue weighted by molar-refractivity contribution is -0.138. The highest BCUT2D eigenvalue weighted by Crippen LogP contribution is 2.26. The molecule has 1 aliphatic rings. The Morgan fingerprint density at radius 3 is 2.68 bits per heavy atom. The van der Waals surface area contributed by atoms with Gasteiger partial charge in [0.1, 0.15) is 5.75 Å². The Bertz CT molecular complexity index is 456. The lowest BCUT2D eigenvalue weighted by Crippen LogP contribution is -2.33. The Morgan fingerprint density at radius 2 is 2.05 bits per heavy atom. The molecule has 0 atom stereocenters. The molecule has 4 nitrogen and oxygen atoms in total. The van der Waals surface area contributed by atoms with Gasteiger partial charge in [-0.25, -0.2) is 0 Å². The molecule has 0 aromatic heterocycles. The molecule has 1 aromatic carbocycles. The van der Waals surface area contributed by atoms with Gasteiger partial charge in [-0.2, -0.15) is 0 Å². The van der Waals surface area contributed by atoms with E-state index in [1.54, 1.807) is 6.07 Å². The Labute approximate surface area is 121 Å². The fraction of sp³-hybridized carbons (Fsp3) is 0.500. The van der Waals surface area contributed by atoms with Crippen LogP contribution in [0.3, 0.4) is 0 Å². The van der Waals surface area contributed by atoms with Crippen LogP contribution in [-0.4, -0.2) is 34.2 Å². The number of rotatable bonds is 4. The van der Waals surface area contributed by atoms with Gasteiger partial charge in [0.15, 0.2) is 0 Å². The summed E-state index contributed by atoms with van der Waals surface area (Å²) in [5.74, 6) is -0.0937. The van der Waals surface area contributed by atoms with Crippen molar-refractivity contribution in [1.82, 2.24) is 4.90 Å². The zero-order valence-electron chi connectivity index (χ0n) is 10.7. The van der Waals surface area contributed by atoms with Crippen LogP contribution in [0.2, 0.25) is 0 Å². The minimum Gasteiger partial charge on any atom is -0.508 e. The molecule has 1 saturated heterocycles. The summed E-state index contributed by atoms with van der Waals surface area (Å²) >= 11 is 3.40. The largest absolute Gasteiger partial charge is 0.508 e. The van der Waals surface area contributed by atoms with Gasteiger partial charge in [0.25, 0.3) is 0 Å². The maximum atomic E-state index is 10.7. The van der Waals surface area contributed by atoms with Crippen LogP contribution in [0.4, 0.5) is 0 Å². The number of hydrogen-bond donors (Lipinski definition) is 2. The summed E-state index contributed by atoms with van der Waals surface area (Å²) in [6.07, 6.45) is 2.11. The number of hydrogen-bond acceptors (Lipinski definition) is 3. The number of piperidine rings is 1. The normalized spacial score (nSPS) is 17.5. The molecule has 1 fully saturated rings. The summed E-state index contributed by atoms with van der Waals surface area (Å²) in [7, 11) is 0. The van der Waals surface area contributed by atoms with Crippen LogP contribution in [0.1, 0.15) is 24.8 Å². The second-order valence-electron chi connectivity index (χ2n) is 5.09. The number of halogens is 1. The molecule has 2 rings (SSSR count). The minimum absolute atomic E-state index is 0.274. The van der Waals surface area contributed by atoms with E-state index < -0.39 is 5.97 Å². The van der Waals surface area contributed by atoms with E-state index >= 15 is 0 Å². The molecule has 0 amide bonds. The van der Waals surface area contributed by atoms with Gasteiger partial charge in [-0.05, 0) is 50.0 Å². The molecule has 0 unspecified atom stereocenters. The fourth-order valence-corrected chi connectivity index (χ4v) is 2.93. The Kier molecular flexibility index (Phi) is 4.82. The quantitative estimate of drug-likeness (QED) is 0.892. The lowest BCUT2D eigenvalue weighted by atomic mass is 9.93. The number of carboxylic acid groups (broad SMARTS) is 1. The van der Waals surface area contributed by atoms with E-state index in [-0.39, 0.29) is 6.42 Å². The third kappa shape index (κ3) is 4.21. The first-order valence-corrected chi connectivity index (χ1v) is 7.25. The predicted molar refractivity (Wildman–Crippen MR) is 76.1 cm³/mol. The van der Waals surface area contributed by atoms with E-state index in [4.69, 9.17) is 5.11 Å². The van der Waals surface area contributed by atoms with Crippen molar-refractivity contribution in [3.05, 3.63) is 28.2 Å². The molecule has 5 heteroatoms. The van der Waals surface area contributed by atoms with Gasteiger partial charge >= 0.3 is 5.97 Å². The zero-order chi connectivity index (χ0) is 13.8. The molecular formula is C14H18BrNO3. The van der Waals surface area contributed by atoms with Gasteiger partial charge in [-0.3, -0.25) is 9.69 Å². The summed E-state index contributed by atoms with van der Waals surface area (Å²) in [6, 6.07) is 5.44. The van der Waals surface area contributed by atoms with E-state index in [9.17, 15) is 9.90 Å². The van der Waals surface area contributed by atoms with Crippen molar-refractivity contribution in [2.24, 2.45) is 5.92 Å². The molecule has 0 radical (unpaired) electrons. The van der Waals surface area contributed by atoms with Crippen molar-refractivity contribution in [2.75, 3.05) is 13.1 Å². The van der Waals surface area contributed by atoms with Crippen LogP contribution in [-0.2, 0) is 11.3 Å². The van der Waals surface area contributed by atoms with Crippen molar-refractivity contribution < 1.29 is 15.0 Å². The standard InChI is InChI=1S/C14H18BrNO3/c15-12-1-2-13(17)11(8-12)9-16-5-3-10(4-6-16)7-14(18)19/h1-2,8,10,17H,3-7,9H2,(H,18,19). The molecule has 0 spiro atoms. The van der Waals surface area contributed by atoms with Crippen LogP contribution >= 0.6 is 15.9 Å². The monoisotopic (exact) mass is 327 g/mol. The third-order valence-corrected chi connectivity index (χ3v) is 4.10. The van der Waals surface area contributed by atoms with E-state index in [1.165, 1.54) is 0 Å². The summed E-state index contributed by atoms with van der Waals surface area (Å²) < 4.78 is 0.959. The van der Waals surface area contributed by atoms with Gasteiger partial charge in [0.05, 0.1) is 0 Å². The van der Waals surface area contributed by atoms with E-state index in [2.05, 4.69) is 20.8 Å². The molecule has 2 N–H and O–H groups in total. The highest BCUT2D eigenvalue weighted by Gasteiger charge is 2.21. The first-order chi connectivity index (χ1) is 9.04. The highest BCUT2D eigenvalue weighted by molar-refractivity contribution is 9.10. The topological polar surface area (TPSA) is 60.8 Å². The number of nitrogens with zero attached hydrogens (tertiary/aromatic N) is 1. The number of aliphatic carboxylic acids is 1. The van der Waals surface area contributed by atoms with Gasteiger partial charge < -0.3 is 10.2 Å². The van der Waals surface area contributed by atoms with Crippen LogP contribution in [0, 0.1) is 5.92 Å². The molecule has 1 aliphatic heterocycles. The number of benzene rings is 1. The van der Waals surface area contributed by atoms with Crippen LogP contribution in [0.15, 0.2) is 22.7 Å². The minimum atomic E-state index is -0.705. The van der Waals surface area contributed by atoms with Crippen LogP contribution < -0.4 is 0 Å². The lowest BCUT2D eigenvalue weighted by Gasteiger charge is -2.31. The van der Waals surface area contributed by atoms with Crippen LogP contribution in [0.25, 0.3) is 0 Å². The number of phenols is 1. The number of carbonyl (C=O) groups is 1. The smallest absolute Gasteiger partial charge is 0.303 e. The SMILES string of the molecule is O=C(O)CC1CCN(Cc2cc(Br)ccc2O)CC1. The van der Waals surface area contributed by atoms with Crippen LogP contribution in [0.5, 0.6) is 5.75 Å². The summed E-state index contributed by atoms with van der Waals surface area (Å²) in [4.78, 5) is 12.9. The summed E-state index contributed by atoms with van der Waals surface area (Å²) in [5.41, 5.74) is 0.908. The number of likely N-dealkylation sites (tertiary alicyclic amines) is 1. The van der Waals surface area contributed by atoms with E-state index in [1.807, 2.05) is 12.1 Å². The van der Waals surface area contributed by atoms with E-state index in [0.29, 0.717) is 18.2 Å². The summed E-state index contributed by atoms with van der Waals surface area (Å²) in [5, 5.41) is 18.6. The van der Waals surface area contributed by atoms with Crippen molar-refractivity contribution >= 4 is 21.9 Å². The second kappa shape index (κ2) is 6.39. The number of aromatic hydroxyl groups is 1. The van der Waals surface area contributed by atoms with Gasteiger partial charge in [0.2, 0.25) is 0 Å². The second-order valence-corrected chi connectivity index (χ2v) is 6.01. The average Bonchev–Trinajstić information content (AvgIpc) is 2.35. The zero-order valence-corrected chi connectivity index (χ0v) is 12.3. The Hall–Kier alpha value is -1.07. The highest BCUT2D eigenvalue weighted by atomic mass is 79.9. The van der Waals surface area contributed by atoms with Gasteiger partial charge in [-0.1, -0.05) is 15.9 Å². The molecule has 19 heavy (non-hydrogen) atoms. The first kappa shape index (κ1) is 14.3. The average molecular weight is 328 g/mol. The van der Waals surface area contributed by atoms with Gasteiger partial charge in [-0.15, -0.1) is 0 Å². The molecule has 0 aliphatic carbocycles. The number of carboxylic acids is 1. The van der Waals surface area contributed by atoms with Crippen molar-refractivity contribution in [2.45, 2.75) is 25.8 Å². The Morgan fingerprint density at radius 1 is 1.37 bits per heavy atom. The molecular weight excluding hydrogens is 310 g/mol. The fourth-order valence-electron chi connectivity index (χ4n) is 2.52. The maximum absolute atomic E-state index is 10.7. The van der Waals surface area contributed by atoms with Crippen molar-refractivity contribution in [3.8, 4) is 5.75 Å².